The van der Waals surface area contributed by atoms with Gasteiger partial charge in [0.2, 0.25) is 5.91 Å². The van der Waals surface area contributed by atoms with Crippen LogP contribution < -0.4 is 10.6 Å². The number of hydrogen-bond donors (Lipinski definition) is 2. The molecule has 2 N–H and O–H groups in total. The number of carbonyl (C=O) groups is 1. The third-order valence-electron chi connectivity index (χ3n) is 2.91. The first kappa shape index (κ1) is 13.4. The molecular weight excluding hydrogens is 206 g/mol. The van der Waals surface area contributed by atoms with E-state index in [2.05, 4.69) is 22.5 Å². The molecule has 1 amide bonds. The Morgan fingerprint density at radius 2 is 2.44 bits per heavy atom. The van der Waals surface area contributed by atoms with Crippen LogP contribution >= 0.6 is 0 Å². The molecule has 5 heteroatoms. The summed E-state index contributed by atoms with van der Waals surface area (Å²) in [7, 11) is 1.69. The van der Waals surface area contributed by atoms with Crippen molar-refractivity contribution in [1.29, 1.82) is 0 Å². The predicted octanol–water partition coefficient (Wildman–Crippen LogP) is -0.569. The molecule has 5 nitrogen and oxygen atoms in total. The maximum atomic E-state index is 11.9. The largest absolute Gasteiger partial charge is 0.383 e. The number of nitrogens with one attached hydrogen (secondary N) is 2. The van der Waals surface area contributed by atoms with E-state index in [1.807, 2.05) is 6.92 Å². The van der Waals surface area contributed by atoms with Gasteiger partial charge in [0.05, 0.1) is 6.61 Å². The number of rotatable bonds is 5. The Kier molecular flexibility index (Phi) is 5.73. The first-order chi connectivity index (χ1) is 7.70. The van der Waals surface area contributed by atoms with Gasteiger partial charge in [0.1, 0.15) is 6.04 Å². The molecule has 1 saturated heterocycles. The number of hydrogen-bond acceptors (Lipinski definition) is 4. The van der Waals surface area contributed by atoms with Gasteiger partial charge in [0, 0.05) is 39.3 Å². The van der Waals surface area contributed by atoms with E-state index in [1.165, 1.54) is 0 Å². The molecule has 2 atom stereocenters. The fraction of sp³-hybridized carbons (Fsp3) is 0.909. The summed E-state index contributed by atoms with van der Waals surface area (Å²) in [4.78, 5) is 14.1. The maximum absolute atomic E-state index is 11.9. The topological polar surface area (TPSA) is 53.6 Å². The molecule has 1 aliphatic rings. The minimum Gasteiger partial charge on any atom is -0.383 e. The number of carbonyl (C=O) groups excluding carboxylic acids is 1. The van der Waals surface area contributed by atoms with Crippen molar-refractivity contribution in [3.8, 4) is 0 Å². The fourth-order valence-electron chi connectivity index (χ4n) is 2.12. The summed E-state index contributed by atoms with van der Waals surface area (Å²) in [5.41, 5.74) is 0. The van der Waals surface area contributed by atoms with Crippen molar-refractivity contribution in [3.05, 3.63) is 0 Å². The summed E-state index contributed by atoms with van der Waals surface area (Å²) >= 11 is 0. The Morgan fingerprint density at radius 1 is 1.69 bits per heavy atom. The molecule has 2 unspecified atom stereocenters. The number of piperazine rings is 1. The van der Waals surface area contributed by atoms with Gasteiger partial charge < -0.3 is 15.4 Å². The average molecular weight is 229 g/mol. The molecule has 0 aromatic rings. The molecule has 1 fully saturated rings. The van der Waals surface area contributed by atoms with Crippen LogP contribution in [0.5, 0.6) is 0 Å². The number of nitrogens with zero attached hydrogens (tertiary/aromatic N) is 1. The van der Waals surface area contributed by atoms with Gasteiger partial charge in [-0.25, -0.2) is 0 Å². The van der Waals surface area contributed by atoms with Crippen LogP contribution in [0.3, 0.4) is 0 Å². The third-order valence-corrected chi connectivity index (χ3v) is 2.91. The average Bonchev–Trinajstić information content (AvgIpc) is 2.30. The second-order valence-electron chi connectivity index (χ2n) is 4.16. The summed E-state index contributed by atoms with van der Waals surface area (Å²) in [5.74, 6) is 0.109. The van der Waals surface area contributed by atoms with E-state index in [9.17, 15) is 4.79 Å². The second kappa shape index (κ2) is 6.83. The maximum Gasteiger partial charge on any atom is 0.238 e. The van der Waals surface area contributed by atoms with Crippen molar-refractivity contribution < 1.29 is 9.53 Å². The van der Waals surface area contributed by atoms with Gasteiger partial charge in [-0.3, -0.25) is 9.69 Å². The molecular formula is C11H23N3O2. The molecule has 0 aromatic heterocycles. The van der Waals surface area contributed by atoms with Crippen molar-refractivity contribution >= 4 is 5.91 Å². The van der Waals surface area contributed by atoms with E-state index in [4.69, 9.17) is 4.74 Å². The van der Waals surface area contributed by atoms with Gasteiger partial charge in [0.15, 0.2) is 0 Å². The normalized spacial score (nSPS) is 24.1. The summed E-state index contributed by atoms with van der Waals surface area (Å²) in [6.07, 6.45) is 0. The highest BCUT2D eigenvalue weighted by atomic mass is 16.5. The lowest BCUT2D eigenvalue weighted by atomic mass is 10.1. The Balaban J connectivity index is 2.59. The van der Waals surface area contributed by atoms with Crippen LogP contribution in [0, 0.1) is 0 Å². The summed E-state index contributed by atoms with van der Waals surface area (Å²) < 4.78 is 5.15. The Bertz CT molecular complexity index is 223. The minimum atomic E-state index is -0.0705. The van der Waals surface area contributed by atoms with Crippen LogP contribution in [0.25, 0.3) is 0 Å². The number of ether oxygens (including phenoxy) is 1. The van der Waals surface area contributed by atoms with Crippen LogP contribution in [0.1, 0.15) is 13.8 Å². The number of methoxy groups -OCH3 is 1. The quantitative estimate of drug-likeness (QED) is 0.663. The smallest absolute Gasteiger partial charge is 0.238 e. The molecule has 0 aliphatic carbocycles. The van der Waals surface area contributed by atoms with Gasteiger partial charge in [-0.05, 0) is 13.8 Å². The van der Waals surface area contributed by atoms with Crippen molar-refractivity contribution in [3.63, 3.8) is 0 Å². The van der Waals surface area contributed by atoms with Crippen LogP contribution in [0.15, 0.2) is 0 Å². The Morgan fingerprint density at radius 3 is 3.06 bits per heavy atom. The van der Waals surface area contributed by atoms with Crippen LogP contribution in [0.4, 0.5) is 0 Å². The molecule has 1 aliphatic heterocycles. The van der Waals surface area contributed by atoms with E-state index in [0.29, 0.717) is 13.2 Å². The fourth-order valence-corrected chi connectivity index (χ4v) is 2.12. The molecule has 16 heavy (non-hydrogen) atoms. The van der Waals surface area contributed by atoms with E-state index in [-0.39, 0.29) is 18.0 Å². The van der Waals surface area contributed by atoms with Crippen molar-refractivity contribution in [2.45, 2.75) is 25.9 Å². The predicted molar refractivity (Wildman–Crippen MR) is 63.4 cm³/mol. The van der Waals surface area contributed by atoms with E-state index in [0.717, 1.165) is 19.6 Å². The lowest BCUT2D eigenvalue weighted by molar-refractivity contribution is -0.128. The first-order valence-electron chi connectivity index (χ1n) is 5.93. The van der Waals surface area contributed by atoms with Gasteiger partial charge in [-0.2, -0.15) is 0 Å². The first-order valence-corrected chi connectivity index (χ1v) is 5.93. The highest BCUT2D eigenvalue weighted by molar-refractivity contribution is 5.82. The van der Waals surface area contributed by atoms with Crippen LogP contribution in [0.2, 0.25) is 0 Å². The van der Waals surface area contributed by atoms with Gasteiger partial charge in [-0.15, -0.1) is 0 Å². The molecule has 0 saturated carbocycles. The molecule has 0 bridgehead atoms. The SMILES string of the molecule is CCNC(=O)C1CNCCN1C(C)COC. The van der Waals surface area contributed by atoms with Gasteiger partial charge >= 0.3 is 0 Å². The van der Waals surface area contributed by atoms with E-state index < -0.39 is 0 Å². The van der Waals surface area contributed by atoms with Gasteiger partial charge in [0.25, 0.3) is 0 Å². The molecule has 94 valence electrons. The standard InChI is InChI=1S/C11H23N3O2/c1-4-13-11(15)10-7-12-5-6-14(10)9(2)8-16-3/h9-10,12H,4-8H2,1-3H3,(H,13,15). The number of likely N-dealkylation sites (N-methyl/N-ethyl adjacent to an activating group) is 1. The molecule has 0 radical (unpaired) electrons. The highest BCUT2D eigenvalue weighted by Crippen LogP contribution is 2.09. The zero-order valence-electron chi connectivity index (χ0n) is 10.5. The van der Waals surface area contributed by atoms with Crippen LogP contribution in [-0.4, -0.2) is 62.8 Å². The summed E-state index contributed by atoms with van der Waals surface area (Å²) in [5, 5.41) is 6.14. The van der Waals surface area contributed by atoms with E-state index >= 15 is 0 Å². The lowest BCUT2D eigenvalue weighted by Crippen LogP contribution is -2.60. The number of amides is 1. The lowest BCUT2D eigenvalue weighted by Gasteiger charge is -2.38. The zero-order chi connectivity index (χ0) is 12.0. The minimum absolute atomic E-state index is 0.0705. The molecule has 1 heterocycles. The highest BCUT2D eigenvalue weighted by Gasteiger charge is 2.31. The molecule has 0 spiro atoms. The summed E-state index contributed by atoms with van der Waals surface area (Å²) in [6.45, 7) is 7.94. The van der Waals surface area contributed by atoms with Crippen molar-refractivity contribution in [2.24, 2.45) is 0 Å². The Hall–Kier alpha value is -0.650. The Labute approximate surface area is 97.5 Å². The van der Waals surface area contributed by atoms with E-state index in [1.54, 1.807) is 7.11 Å². The monoisotopic (exact) mass is 229 g/mol. The van der Waals surface area contributed by atoms with Crippen molar-refractivity contribution in [2.75, 3.05) is 39.9 Å². The molecule has 1 rings (SSSR count). The third kappa shape index (κ3) is 3.43. The molecule has 0 aromatic carbocycles. The second-order valence-corrected chi connectivity index (χ2v) is 4.16. The zero-order valence-corrected chi connectivity index (χ0v) is 10.5. The van der Waals surface area contributed by atoms with Gasteiger partial charge in [-0.1, -0.05) is 0 Å². The van der Waals surface area contributed by atoms with Crippen molar-refractivity contribution in [1.82, 2.24) is 15.5 Å². The van der Waals surface area contributed by atoms with Crippen LogP contribution in [-0.2, 0) is 9.53 Å². The summed E-state index contributed by atoms with van der Waals surface area (Å²) in [6, 6.07) is 0.207.